The van der Waals surface area contributed by atoms with Gasteiger partial charge in [0, 0.05) is 0 Å². The molecule has 0 rings (SSSR count). The van der Waals surface area contributed by atoms with Crippen LogP contribution in [0.1, 0.15) is 0 Å². The Morgan fingerprint density at radius 1 is 1.40 bits per heavy atom. The molecule has 0 amide bonds. The van der Waals surface area contributed by atoms with Crippen molar-refractivity contribution in [1.29, 1.82) is 0 Å². The fourth-order valence-electron chi connectivity index (χ4n) is 0. The minimum Gasteiger partial charge on any atom is -1.45 e. The second-order valence-electron chi connectivity index (χ2n) is 0.129. The van der Waals surface area contributed by atoms with Crippen LogP contribution in [0.3, 0.4) is 0 Å². The van der Waals surface area contributed by atoms with E-state index in [-0.39, 0.29) is 59.1 Å². The predicted octanol–water partition coefficient (Wildman–Crippen LogP) is -4.21. The second kappa shape index (κ2) is 15.7. The van der Waals surface area contributed by atoms with Gasteiger partial charge in [-0.15, -0.1) is 0 Å². The van der Waals surface area contributed by atoms with Crippen LogP contribution in [0.4, 0.5) is 0 Å². The Hall–Kier alpha value is 3.29. The fraction of sp³-hybridized carbons (Fsp3) is 0. The van der Waals surface area contributed by atoms with Crippen molar-refractivity contribution >= 4 is 25.8 Å². The van der Waals surface area contributed by atoms with Crippen LogP contribution in [-0.2, 0) is 0 Å². The van der Waals surface area contributed by atoms with Crippen molar-refractivity contribution in [1.82, 2.24) is 0 Å². The second-order valence-corrected chi connectivity index (χ2v) is 3.49. The number of hydrogen-bond acceptors (Lipinski definition) is 0. The molecule has 0 aliphatic heterocycles. The topological polar surface area (TPSA) is 0 Å². The van der Waals surface area contributed by atoms with Crippen molar-refractivity contribution in [2.75, 3.05) is 0 Å². The van der Waals surface area contributed by atoms with E-state index in [4.69, 9.17) is 0 Å². The molecular formula is H3Na2P3. The van der Waals surface area contributed by atoms with Crippen LogP contribution in [0.25, 0.3) is 0 Å². The Kier molecular flexibility index (Phi) is 49.3. The summed E-state index contributed by atoms with van der Waals surface area (Å²) in [5, 5.41) is 0. The van der Waals surface area contributed by atoms with Gasteiger partial charge in [0.1, 0.15) is 0 Å². The quantitative estimate of drug-likeness (QED) is 0.237. The molecule has 0 bridgehead atoms. The van der Waals surface area contributed by atoms with Gasteiger partial charge in [-0.3, -0.25) is 0 Å². The van der Waals surface area contributed by atoms with Gasteiger partial charge in [-0.2, -0.15) is 8.93 Å². The first-order chi connectivity index (χ1) is 1.41. The molecule has 0 aromatic rings. The Balaban J connectivity index is -0.0000000200. The predicted molar refractivity (Wildman–Crippen MR) is 24.9 cm³/mol. The number of hydrogen-bond donors (Lipinski definition) is 0. The Morgan fingerprint density at radius 3 is 1.40 bits per heavy atom. The largest absolute Gasteiger partial charge is 1.45 e. The Labute approximate surface area is 83.6 Å². The third-order valence-electron chi connectivity index (χ3n) is 0. The molecule has 0 radical (unpaired) electrons. The zero-order valence-electron chi connectivity index (χ0n) is 3.52. The fourth-order valence-corrected chi connectivity index (χ4v) is 0. The third-order valence-corrected chi connectivity index (χ3v) is 0. The van der Waals surface area contributed by atoms with Gasteiger partial charge in [0.15, 0.2) is 0 Å². The van der Waals surface area contributed by atoms with Crippen LogP contribution in [0.5, 0.6) is 0 Å². The van der Waals surface area contributed by atoms with Crippen LogP contribution < -0.4 is 59.1 Å². The molecule has 20 valence electrons. The molecule has 0 nitrogen and oxygen atoms in total. The molecule has 0 aromatic heterocycles. The summed E-state index contributed by atoms with van der Waals surface area (Å²) in [7, 11) is 6.94. The van der Waals surface area contributed by atoms with Crippen molar-refractivity contribution in [2.45, 2.75) is 0 Å². The van der Waals surface area contributed by atoms with E-state index in [2.05, 4.69) is 17.9 Å². The normalized spacial score (nSPS) is 6.00. The van der Waals surface area contributed by atoms with Crippen LogP contribution in [-0.4, -0.2) is 0 Å². The first kappa shape index (κ1) is 15.7. The van der Waals surface area contributed by atoms with Crippen LogP contribution in [0, 0.1) is 0 Å². The molecule has 0 saturated heterocycles. The molecule has 0 N–H and O–H groups in total. The zero-order valence-corrected chi connectivity index (χ0v) is 10.6. The van der Waals surface area contributed by atoms with Crippen molar-refractivity contribution in [3.8, 4) is 0 Å². The van der Waals surface area contributed by atoms with Gasteiger partial charge in [0.2, 0.25) is 0 Å². The summed E-state index contributed by atoms with van der Waals surface area (Å²) in [6.45, 7) is 0. The zero-order chi connectivity index (χ0) is 2.71. The molecular weight excluding hydrogens is 139 g/mol. The molecule has 0 saturated carbocycles. The molecule has 0 heterocycles. The first-order valence-electron chi connectivity index (χ1n) is 0.512. The summed E-state index contributed by atoms with van der Waals surface area (Å²) >= 11 is 0. The monoisotopic (exact) mass is 142 g/mol. The molecule has 5 heteroatoms. The van der Waals surface area contributed by atoms with Gasteiger partial charge in [0.25, 0.3) is 0 Å². The molecule has 0 spiro atoms. The van der Waals surface area contributed by atoms with E-state index < -0.39 is 0 Å². The Morgan fingerprint density at radius 2 is 1.40 bits per heavy atom. The van der Waals surface area contributed by atoms with Gasteiger partial charge < -0.3 is 16.9 Å². The molecule has 0 aromatic carbocycles. The van der Waals surface area contributed by atoms with E-state index >= 15 is 0 Å². The third kappa shape index (κ3) is 18.8. The van der Waals surface area contributed by atoms with Gasteiger partial charge in [-0.25, -0.2) is 0 Å². The Bertz CT molecular complexity index is 4.85. The standard InChI is InChI=1S/2Na.H3P3/c;;1-3-2/h;;3H,1H2/q2*+1;-2. The van der Waals surface area contributed by atoms with E-state index in [1.54, 1.807) is 0 Å². The summed E-state index contributed by atoms with van der Waals surface area (Å²) in [4.78, 5) is 0. The number of rotatable bonds is 0. The average molecular weight is 142 g/mol. The van der Waals surface area contributed by atoms with E-state index in [1.807, 2.05) is 0 Å². The smallest absolute Gasteiger partial charge is 1.00 e. The van der Waals surface area contributed by atoms with Gasteiger partial charge >= 0.3 is 59.1 Å². The summed E-state index contributed by atoms with van der Waals surface area (Å²) in [6.07, 6.45) is 0. The summed E-state index contributed by atoms with van der Waals surface area (Å²) < 4.78 is 0. The molecule has 0 aliphatic carbocycles. The van der Waals surface area contributed by atoms with Gasteiger partial charge in [-0.1, -0.05) is 0 Å². The SMILES string of the molecule is [Na+].[Na+].[P-2]PP. The van der Waals surface area contributed by atoms with E-state index in [1.165, 1.54) is 0 Å². The first-order valence-corrected chi connectivity index (χ1v) is 4.61. The minimum absolute atomic E-state index is 0. The molecule has 0 aliphatic rings. The molecule has 5 heavy (non-hydrogen) atoms. The summed E-state index contributed by atoms with van der Waals surface area (Å²) in [5.74, 6) is 0. The van der Waals surface area contributed by atoms with Crippen molar-refractivity contribution in [3.63, 3.8) is 0 Å². The maximum Gasteiger partial charge on any atom is 1.00 e. The van der Waals surface area contributed by atoms with E-state index in [9.17, 15) is 0 Å². The maximum absolute atomic E-state index is 3.78. The van der Waals surface area contributed by atoms with Crippen LogP contribution in [0.2, 0.25) is 0 Å². The molecule has 2 unspecified atom stereocenters. The minimum atomic E-state index is 0. The van der Waals surface area contributed by atoms with Gasteiger partial charge in [-0.05, 0) is 0 Å². The molecule has 0 fully saturated rings. The van der Waals surface area contributed by atoms with Gasteiger partial charge in [0.05, 0.1) is 0 Å². The van der Waals surface area contributed by atoms with Crippen LogP contribution in [0.15, 0.2) is 0 Å². The van der Waals surface area contributed by atoms with Crippen molar-refractivity contribution < 1.29 is 59.1 Å². The summed E-state index contributed by atoms with van der Waals surface area (Å²) in [5.41, 5.74) is 0. The van der Waals surface area contributed by atoms with Crippen molar-refractivity contribution in [2.24, 2.45) is 0 Å². The molecule has 2 atom stereocenters. The van der Waals surface area contributed by atoms with E-state index in [0.29, 0.717) is 7.96 Å². The maximum atomic E-state index is 3.78. The summed E-state index contributed by atoms with van der Waals surface area (Å²) in [6, 6.07) is 0. The van der Waals surface area contributed by atoms with Crippen LogP contribution >= 0.6 is 25.8 Å². The average Bonchev–Trinajstić information content (AvgIpc) is 0.918. The van der Waals surface area contributed by atoms with Crippen molar-refractivity contribution in [3.05, 3.63) is 0 Å². The van der Waals surface area contributed by atoms with E-state index in [0.717, 1.165) is 0 Å².